The van der Waals surface area contributed by atoms with Crippen LogP contribution in [0, 0.1) is 11.7 Å². The Morgan fingerprint density at radius 3 is 2.52 bits per heavy atom. The van der Waals surface area contributed by atoms with Gasteiger partial charge in [-0.05, 0) is 18.9 Å². The fourth-order valence-corrected chi connectivity index (χ4v) is 2.59. The first-order chi connectivity index (χ1) is 13.6. The average Bonchev–Trinajstić information content (AvgIpc) is 2.60. The largest absolute Gasteiger partial charge is 0.495 e. The van der Waals surface area contributed by atoms with Crippen LogP contribution < -0.4 is 15.4 Å². The van der Waals surface area contributed by atoms with Crippen LogP contribution in [0.1, 0.15) is 43.1 Å². The molecule has 0 saturated carbocycles. The molecule has 6 nitrogen and oxygen atoms in total. The number of methoxy groups -OCH3 is 1. The fourth-order valence-electron chi connectivity index (χ4n) is 2.59. The van der Waals surface area contributed by atoms with Crippen LogP contribution in [0.25, 0.3) is 0 Å². The van der Waals surface area contributed by atoms with Crippen molar-refractivity contribution in [2.45, 2.75) is 33.4 Å². The van der Waals surface area contributed by atoms with Crippen LogP contribution in [0.2, 0.25) is 0 Å². The molecule has 0 saturated heterocycles. The Morgan fingerprint density at radius 2 is 1.97 bits per heavy atom. The molecule has 1 aromatic carbocycles. The van der Waals surface area contributed by atoms with Gasteiger partial charge in [-0.25, -0.2) is 9.37 Å². The molecule has 158 valence electrons. The second kappa shape index (κ2) is 9.06. The van der Waals surface area contributed by atoms with Gasteiger partial charge in [-0.2, -0.15) is 18.2 Å². The first-order valence-electron chi connectivity index (χ1n) is 8.92. The SMILES string of the molecule is CCNc1nc(Nc2cc(F)c(C(=O)CC(C)C)cc2OC)ncc1C(F)(F)F. The Labute approximate surface area is 165 Å². The molecule has 2 aromatic rings. The van der Waals surface area contributed by atoms with Gasteiger partial charge in [0.25, 0.3) is 0 Å². The van der Waals surface area contributed by atoms with Crippen LogP contribution in [0.4, 0.5) is 35.0 Å². The van der Waals surface area contributed by atoms with Gasteiger partial charge >= 0.3 is 6.18 Å². The molecule has 0 aliphatic rings. The number of carbonyl (C=O) groups is 1. The molecule has 0 unspecified atom stereocenters. The molecule has 10 heteroatoms. The van der Waals surface area contributed by atoms with Crippen molar-refractivity contribution in [3.8, 4) is 5.75 Å². The molecular formula is C19H22F4N4O2. The van der Waals surface area contributed by atoms with Crippen molar-refractivity contribution in [3.05, 3.63) is 35.3 Å². The van der Waals surface area contributed by atoms with E-state index in [0.29, 0.717) is 6.20 Å². The maximum Gasteiger partial charge on any atom is 0.421 e. The highest BCUT2D eigenvalue weighted by Gasteiger charge is 2.35. The van der Waals surface area contributed by atoms with Gasteiger partial charge in [0.05, 0.1) is 18.4 Å². The van der Waals surface area contributed by atoms with Gasteiger partial charge in [-0.15, -0.1) is 0 Å². The Kier molecular flexibility index (Phi) is 6.99. The van der Waals surface area contributed by atoms with Gasteiger partial charge in [-0.3, -0.25) is 4.79 Å². The third-order valence-electron chi connectivity index (χ3n) is 3.87. The summed E-state index contributed by atoms with van der Waals surface area (Å²) in [6, 6.07) is 2.28. The van der Waals surface area contributed by atoms with Gasteiger partial charge in [0.1, 0.15) is 22.9 Å². The highest BCUT2D eigenvalue weighted by atomic mass is 19.4. The van der Waals surface area contributed by atoms with E-state index < -0.39 is 23.4 Å². The molecule has 0 bridgehead atoms. The Balaban J connectivity index is 2.40. The van der Waals surface area contributed by atoms with Gasteiger partial charge in [0.15, 0.2) is 5.78 Å². The van der Waals surface area contributed by atoms with Crippen molar-refractivity contribution in [1.29, 1.82) is 0 Å². The summed E-state index contributed by atoms with van der Waals surface area (Å²) in [7, 11) is 1.33. The van der Waals surface area contributed by atoms with E-state index in [4.69, 9.17) is 4.74 Å². The molecule has 29 heavy (non-hydrogen) atoms. The number of Topliss-reactive ketones (excluding diaryl/α,β-unsaturated/α-hetero) is 1. The molecule has 0 aliphatic carbocycles. The number of hydrogen-bond acceptors (Lipinski definition) is 6. The van der Waals surface area contributed by atoms with E-state index in [1.165, 1.54) is 13.2 Å². The smallest absolute Gasteiger partial charge is 0.421 e. The molecule has 0 fully saturated rings. The van der Waals surface area contributed by atoms with E-state index in [1.807, 2.05) is 13.8 Å². The van der Waals surface area contributed by atoms with Crippen molar-refractivity contribution in [2.75, 3.05) is 24.3 Å². The maximum atomic E-state index is 14.5. The summed E-state index contributed by atoms with van der Waals surface area (Å²) in [5, 5.41) is 5.17. The van der Waals surface area contributed by atoms with Gasteiger partial charge in [-0.1, -0.05) is 13.8 Å². The number of aromatic nitrogens is 2. The van der Waals surface area contributed by atoms with Gasteiger partial charge < -0.3 is 15.4 Å². The molecule has 0 spiro atoms. The zero-order valence-corrected chi connectivity index (χ0v) is 16.4. The maximum absolute atomic E-state index is 14.5. The predicted octanol–water partition coefficient (Wildman–Crippen LogP) is 5.05. The molecular weight excluding hydrogens is 392 g/mol. The minimum atomic E-state index is -4.63. The van der Waals surface area contributed by atoms with Crippen LogP contribution >= 0.6 is 0 Å². The number of carbonyl (C=O) groups excluding carboxylic acids is 1. The Morgan fingerprint density at radius 1 is 1.28 bits per heavy atom. The van der Waals surface area contributed by atoms with Crippen molar-refractivity contribution in [1.82, 2.24) is 9.97 Å². The average molecular weight is 414 g/mol. The van der Waals surface area contributed by atoms with Crippen molar-refractivity contribution < 1.29 is 27.1 Å². The first kappa shape index (κ1) is 22.4. The molecule has 2 N–H and O–H groups in total. The van der Waals surface area contributed by atoms with Gasteiger partial charge in [0, 0.05) is 25.2 Å². The number of nitrogens with zero attached hydrogens (tertiary/aromatic N) is 2. The van der Waals surface area contributed by atoms with E-state index in [1.54, 1.807) is 6.92 Å². The summed E-state index contributed by atoms with van der Waals surface area (Å²) < 4.78 is 58.9. The second-order valence-electron chi connectivity index (χ2n) is 6.66. The van der Waals surface area contributed by atoms with Crippen molar-refractivity contribution >= 4 is 23.2 Å². The third kappa shape index (κ3) is 5.55. The Hall–Kier alpha value is -2.91. The van der Waals surface area contributed by atoms with Crippen molar-refractivity contribution in [2.24, 2.45) is 5.92 Å². The summed E-state index contributed by atoms with van der Waals surface area (Å²) in [6.45, 7) is 5.52. The lowest BCUT2D eigenvalue weighted by Crippen LogP contribution is -2.14. The molecule has 0 aliphatic heterocycles. The highest BCUT2D eigenvalue weighted by molar-refractivity contribution is 5.97. The zero-order chi connectivity index (χ0) is 21.8. The lowest BCUT2D eigenvalue weighted by Gasteiger charge is -2.16. The number of hydrogen-bond donors (Lipinski definition) is 2. The molecule has 0 radical (unpaired) electrons. The van der Waals surface area contributed by atoms with E-state index in [-0.39, 0.29) is 47.6 Å². The van der Waals surface area contributed by atoms with Crippen LogP contribution in [-0.4, -0.2) is 29.4 Å². The number of halogens is 4. The zero-order valence-electron chi connectivity index (χ0n) is 16.4. The molecule has 2 rings (SSSR count). The number of ether oxygens (including phenoxy) is 1. The first-order valence-corrected chi connectivity index (χ1v) is 8.92. The standard InChI is InChI=1S/C19H22F4N4O2/c1-5-24-17-12(19(21,22)23)9-25-18(27-17)26-14-8-13(20)11(7-16(14)29-4)15(28)6-10(2)3/h7-10H,5-6H2,1-4H3,(H2,24,25,26,27). The minimum absolute atomic E-state index is 0.0516. The second-order valence-corrected chi connectivity index (χ2v) is 6.66. The minimum Gasteiger partial charge on any atom is -0.495 e. The van der Waals surface area contributed by atoms with Crippen molar-refractivity contribution in [3.63, 3.8) is 0 Å². The quantitative estimate of drug-likeness (QED) is 0.465. The molecule has 1 heterocycles. The number of ketones is 1. The number of nitrogens with one attached hydrogen (secondary N) is 2. The number of anilines is 3. The van der Waals surface area contributed by atoms with E-state index >= 15 is 0 Å². The highest BCUT2D eigenvalue weighted by Crippen LogP contribution is 2.35. The van der Waals surface area contributed by atoms with E-state index in [2.05, 4.69) is 20.6 Å². The topological polar surface area (TPSA) is 76.1 Å². The summed E-state index contributed by atoms with van der Waals surface area (Å²) in [5.74, 6) is -1.56. The number of rotatable bonds is 8. The van der Waals surface area contributed by atoms with E-state index in [9.17, 15) is 22.4 Å². The Bertz CT molecular complexity index is 885. The van der Waals surface area contributed by atoms with Crippen LogP contribution in [0.5, 0.6) is 5.75 Å². The van der Waals surface area contributed by atoms with Crippen LogP contribution in [0.3, 0.4) is 0 Å². The molecule has 1 aromatic heterocycles. The van der Waals surface area contributed by atoms with E-state index in [0.717, 1.165) is 6.07 Å². The number of alkyl halides is 3. The number of benzene rings is 1. The van der Waals surface area contributed by atoms with Crippen LogP contribution in [0.15, 0.2) is 18.3 Å². The summed E-state index contributed by atoms with van der Waals surface area (Å²) in [6.07, 6.45) is -3.82. The van der Waals surface area contributed by atoms with Crippen LogP contribution in [-0.2, 0) is 6.18 Å². The lowest BCUT2D eigenvalue weighted by atomic mass is 10.00. The fraction of sp³-hybridized carbons (Fsp3) is 0.421. The summed E-state index contributed by atoms with van der Waals surface area (Å²) in [5.41, 5.74) is -1.06. The third-order valence-corrected chi connectivity index (χ3v) is 3.87. The lowest BCUT2D eigenvalue weighted by molar-refractivity contribution is -0.137. The summed E-state index contributed by atoms with van der Waals surface area (Å²) in [4.78, 5) is 19.7. The monoisotopic (exact) mass is 414 g/mol. The molecule has 0 amide bonds. The predicted molar refractivity (Wildman–Crippen MR) is 101 cm³/mol. The normalized spacial score (nSPS) is 11.5. The molecule has 0 atom stereocenters. The summed E-state index contributed by atoms with van der Waals surface area (Å²) >= 11 is 0. The van der Waals surface area contributed by atoms with Gasteiger partial charge in [0.2, 0.25) is 5.95 Å².